The summed E-state index contributed by atoms with van der Waals surface area (Å²) in [6, 6.07) is 7.02. The number of rotatable bonds is 3. The van der Waals surface area contributed by atoms with Crippen LogP contribution in [0.15, 0.2) is 36.5 Å². The lowest BCUT2D eigenvalue weighted by Gasteiger charge is -2.17. The van der Waals surface area contributed by atoms with Crippen molar-refractivity contribution in [2.75, 3.05) is 4.90 Å². The maximum Gasteiger partial charge on any atom is 0.352 e. The summed E-state index contributed by atoms with van der Waals surface area (Å²) in [5.41, 5.74) is -0.534. The van der Waals surface area contributed by atoms with Crippen LogP contribution in [0, 0.1) is 5.95 Å². The van der Waals surface area contributed by atoms with E-state index in [4.69, 9.17) is 0 Å². The summed E-state index contributed by atoms with van der Waals surface area (Å²) >= 11 is 0. The van der Waals surface area contributed by atoms with Gasteiger partial charge >= 0.3 is 11.8 Å². The molecule has 1 amide bonds. The minimum absolute atomic E-state index is 0.0185. The highest BCUT2D eigenvalue weighted by Crippen LogP contribution is 2.47. The maximum atomic E-state index is 14.4. The molecule has 1 aliphatic rings. The van der Waals surface area contributed by atoms with Gasteiger partial charge in [-0.3, -0.25) is 4.79 Å². The number of aliphatic hydroxyl groups excluding tert-OH is 1. The van der Waals surface area contributed by atoms with Gasteiger partial charge in [0.25, 0.3) is 0 Å². The van der Waals surface area contributed by atoms with Gasteiger partial charge in [-0.15, -0.1) is 0 Å². The number of alkyl halides is 2. The summed E-state index contributed by atoms with van der Waals surface area (Å²) < 4.78 is 42.5. The summed E-state index contributed by atoms with van der Waals surface area (Å²) in [6.07, 6.45) is 0.0809. The average Bonchev–Trinajstić information content (AvgIpc) is 2.70. The fourth-order valence-electron chi connectivity index (χ4n) is 2.72. The summed E-state index contributed by atoms with van der Waals surface area (Å²) in [4.78, 5) is 16.4. The number of pyridine rings is 1. The number of nitrogens with zero attached hydrogens (tertiary/aromatic N) is 2. The third kappa shape index (κ3) is 2.37. The molecule has 4 nitrogen and oxygen atoms in total. The van der Waals surface area contributed by atoms with Gasteiger partial charge in [-0.25, -0.2) is 4.98 Å². The van der Waals surface area contributed by atoms with Gasteiger partial charge in [0.15, 0.2) is 0 Å². The Morgan fingerprint density at radius 2 is 2.04 bits per heavy atom. The van der Waals surface area contributed by atoms with Crippen LogP contribution in [0.1, 0.15) is 29.7 Å². The van der Waals surface area contributed by atoms with Crippen LogP contribution in [-0.4, -0.2) is 16.0 Å². The highest BCUT2D eigenvalue weighted by molar-refractivity contribution is 6.06. The van der Waals surface area contributed by atoms with E-state index < -0.39 is 29.4 Å². The van der Waals surface area contributed by atoms with Crippen molar-refractivity contribution in [1.29, 1.82) is 0 Å². The topological polar surface area (TPSA) is 53.4 Å². The average molecular weight is 322 g/mol. The first-order valence-electron chi connectivity index (χ1n) is 6.94. The van der Waals surface area contributed by atoms with Crippen molar-refractivity contribution in [2.24, 2.45) is 0 Å². The molecule has 0 radical (unpaired) electrons. The number of aromatic nitrogens is 1. The van der Waals surface area contributed by atoms with E-state index in [0.717, 1.165) is 4.90 Å². The molecule has 1 N–H and O–H groups in total. The van der Waals surface area contributed by atoms with Crippen LogP contribution in [0.4, 0.5) is 18.9 Å². The van der Waals surface area contributed by atoms with Gasteiger partial charge in [-0.1, -0.05) is 18.2 Å². The Bertz CT molecular complexity index is 778. The molecule has 7 heteroatoms. The van der Waals surface area contributed by atoms with E-state index in [1.54, 1.807) is 0 Å². The van der Waals surface area contributed by atoms with Crippen LogP contribution >= 0.6 is 0 Å². The minimum atomic E-state index is -3.76. The predicted molar refractivity (Wildman–Crippen MR) is 76.4 cm³/mol. The van der Waals surface area contributed by atoms with E-state index in [0.29, 0.717) is 0 Å². The summed E-state index contributed by atoms with van der Waals surface area (Å²) in [5, 5.41) is 9.69. The Morgan fingerprint density at radius 3 is 2.70 bits per heavy atom. The fourth-order valence-corrected chi connectivity index (χ4v) is 2.72. The molecular weight excluding hydrogens is 309 g/mol. The number of fused-ring (bicyclic) bond motifs is 1. The molecule has 0 unspecified atom stereocenters. The second-order valence-electron chi connectivity index (χ2n) is 5.34. The van der Waals surface area contributed by atoms with Gasteiger partial charge in [0, 0.05) is 11.8 Å². The molecule has 0 aliphatic carbocycles. The number of amides is 1. The Labute approximate surface area is 130 Å². The van der Waals surface area contributed by atoms with E-state index >= 15 is 0 Å². The number of anilines is 1. The van der Waals surface area contributed by atoms with Crippen LogP contribution in [0.25, 0.3) is 0 Å². The largest absolute Gasteiger partial charge is 0.389 e. The molecule has 1 aliphatic heterocycles. The number of hydrogen-bond donors (Lipinski definition) is 1. The molecule has 23 heavy (non-hydrogen) atoms. The van der Waals surface area contributed by atoms with E-state index in [1.165, 1.54) is 43.5 Å². The molecule has 1 atom stereocenters. The lowest BCUT2D eigenvalue weighted by Crippen LogP contribution is -2.34. The van der Waals surface area contributed by atoms with E-state index in [-0.39, 0.29) is 23.4 Å². The molecule has 0 bridgehead atoms. The highest BCUT2D eigenvalue weighted by Gasteiger charge is 2.54. The van der Waals surface area contributed by atoms with Gasteiger partial charge < -0.3 is 10.0 Å². The normalized spacial score (nSPS) is 17.3. The standard InChI is InChI=1S/C16H13F3N2O2/c1-9(22)11-5-2-6-12-13(11)16(18,19)15(23)21(12)8-10-4-3-7-20-14(10)17/h2-7,9,22H,8H2,1H3/t9-/m0/s1. The lowest BCUT2D eigenvalue weighted by molar-refractivity contribution is -0.141. The van der Waals surface area contributed by atoms with Crippen LogP contribution < -0.4 is 4.90 Å². The van der Waals surface area contributed by atoms with Gasteiger partial charge in [0.1, 0.15) is 0 Å². The molecule has 0 saturated carbocycles. The third-order valence-electron chi connectivity index (χ3n) is 3.81. The summed E-state index contributed by atoms with van der Waals surface area (Å²) in [5.74, 6) is -6.02. The monoisotopic (exact) mass is 322 g/mol. The Balaban J connectivity index is 2.11. The molecule has 0 spiro atoms. The summed E-state index contributed by atoms with van der Waals surface area (Å²) in [7, 11) is 0. The van der Waals surface area contributed by atoms with Crippen LogP contribution in [0.5, 0.6) is 0 Å². The van der Waals surface area contributed by atoms with Gasteiger partial charge in [-0.05, 0) is 24.6 Å². The van der Waals surface area contributed by atoms with Gasteiger partial charge in [0.05, 0.1) is 23.9 Å². The molecule has 0 saturated heterocycles. The molecular formula is C16H13F3N2O2. The van der Waals surface area contributed by atoms with Crippen LogP contribution in [-0.2, 0) is 17.3 Å². The smallest absolute Gasteiger partial charge is 0.352 e. The minimum Gasteiger partial charge on any atom is -0.389 e. The molecule has 120 valence electrons. The van der Waals surface area contributed by atoms with Crippen molar-refractivity contribution < 1.29 is 23.1 Å². The van der Waals surface area contributed by atoms with E-state index in [2.05, 4.69) is 4.98 Å². The van der Waals surface area contributed by atoms with E-state index in [9.17, 15) is 23.1 Å². The quantitative estimate of drug-likeness (QED) is 0.884. The van der Waals surface area contributed by atoms with Crippen molar-refractivity contribution in [1.82, 2.24) is 4.98 Å². The number of hydrogen-bond acceptors (Lipinski definition) is 3. The number of carbonyl (C=O) groups is 1. The Kier molecular flexibility index (Phi) is 3.60. The Morgan fingerprint density at radius 1 is 1.30 bits per heavy atom. The van der Waals surface area contributed by atoms with E-state index in [1.807, 2.05) is 0 Å². The summed E-state index contributed by atoms with van der Waals surface area (Å²) in [6.45, 7) is 0.990. The first-order valence-corrected chi connectivity index (χ1v) is 6.94. The second kappa shape index (κ2) is 5.34. The number of benzene rings is 1. The SMILES string of the molecule is C[C@H](O)c1cccc2c1C(F)(F)C(=O)N2Cc1cccnc1F. The lowest BCUT2D eigenvalue weighted by atomic mass is 9.98. The molecule has 3 rings (SSSR count). The number of aliphatic hydroxyl groups is 1. The van der Waals surface area contributed by atoms with Crippen LogP contribution in [0.2, 0.25) is 0 Å². The zero-order valence-electron chi connectivity index (χ0n) is 12.1. The zero-order valence-corrected chi connectivity index (χ0v) is 12.1. The second-order valence-corrected chi connectivity index (χ2v) is 5.34. The Hall–Kier alpha value is -2.41. The molecule has 1 aromatic carbocycles. The van der Waals surface area contributed by atoms with Crippen molar-refractivity contribution in [3.63, 3.8) is 0 Å². The van der Waals surface area contributed by atoms with Crippen molar-refractivity contribution in [3.05, 3.63) is 59.2 Å². The zero-order chi connectivity index (χ0) is 16.8. The molecule has 0 fully saturated rings. The molecule has 2 aromatic rings. The van der Waals surface area contributed by atoms with Crippen molar-refractivity contribution in [3.8, 4) is 0 Å². The van der Waals surface area contributed by atoms with Gasteiger partial charge in [-0.2, -0.15) is 13.2 Å². The first kappa shape index (κ1) is 15.5. The third-order valence-corrected chi connectivity index (χ3v) is 3.81. The highest BCUT2D eigenvalue weighted by atomic mass is 19.3. The molecule has 2 heterocycles. The predicted octanol–water partition coefficient (Wildman–Crippen LogP) is 2.91. The van der Waals surface area contributed by atoms with Crippen molar-refractivity contribution >= 4 is 11.6 Å². The number of halogens is 3. The number of carbonyl (C=O) groups excluding carboxylic acids is 1. The van der Waals surface area contributed by atoms with Crippen molar-refractivity contribution in [2.45, 2.75) is 25.5 Å². The van der Waals surface area contributed by atoms with Crippen LogP contribution in [0.3, 0.4) is 0 Å². The fraction of sp³-hybridized carbons (Fsp3) is 0.250. The first-order chi connectivity index (χ1) is 10.8. The maximum absolute atomic E-state index is 14.4. The van der Waals surface area contributed by atoms with Gasteiger partial charge in [0.2, 0.25) is 5.95 Å². The molecule has 1 aromatic heterocycles.